The average molecular weight is 219 g/mol. The van der Waals surface area contributed by atoms with Gasteiger partial charge in [-0.25, -0.2) is 0 Å². The van der Waals surface area contributed by atoms with Crippen molar-refractivity contribution in [2.24, 2.45) is 0 Å². The van der Waals surface area contributed by atoms with Gasteiger partial charge >= 0.3 is 0 Å². The molecule has 2 nitrogen and oxygen atoms in total. The first kappa shape index (κ1) is 10.4. The molecule has 0 amide bonds. The second kappa shape index (κ2) is 3.49. The van der Waals surface area contributed by atoms with Gasteiger partial charge in [0.25, 0.3) is 0 Å². The Labute approximate surface area is 91.9 Å². The van der Waals surface area contributed by atoms with Gasteiger partial charge in [0.15, 0.2) is 5.78 Å². The van der Waals surface area contributed by atoms with Crippen LogP contribution >= 0.6 is 0 Å². The zero-order chi connectivity index (χ0) is 11.1. The fourth-order valence-electron chi connectivity index (χ4n) is 2.04. The maximum absolute atomic E-state index is 11.7. The topological polar surface area (TPSA) is 20.3 Å². The number of carbonyl (C=O) groups is 1. The Kier molecular flexibility index (Phi) is 2.42. The van der Waals surface area contributed by atoms with E-state index in [0.717, 1.165) is 17.4 Å². The number of hydrogen-bond donors (Lipinski definition) is 0. The number of anilines is 1. The van der Waals surface area contributed by atoms with Crippen molar-refractivity contribution in [3.05, 3.63) is 29.8 Å². The maximum Gasteiger partial charge on any atom is 0.184 e. The summed E-state index contributed by atoms with van der Waals surface area (Å²) in [6.45, 7) is 7.57. The zero-order valence-electron chi connectivity index (χ0n) is 9.58. The van der Waals surface area contributed by atoms with Gasteiger partial charge in [0, 0.05) is 17.4 Å². The molecule has 0 aromatic heterocycles. The molecular formula is C12H17NOSi. The number of fused-ring (bicyclic) bond motifs is 1. The summed E-state index contributed by atoms with van der Waals surface area (Å²) < 4.78 is 0. The quantitative estimate of drug-likeness (QED) is 0.713. The van der Waals surface area contributed by atoms with E-state index in [9.17, 15) is 4.79 Å². The second-order valence-corrected chi connectivity index (χ2v) is 10.8. The van der Waals surface area contributed by atoms with Crippen LogP contribution in [0, 0.1) is 0 Å². The Hall–Kier alpha value is -1.09. The van der Waals surface area contributed by atoms with E-state index in [1.54, 1.807) is 0 Å². The highest BCUT2D eigenvalue weighted by molar-refractivity contribution is 6.76. The summed E-state index contributed by atoms with van der Waals surface area (Å²) in [5.74, 6) is 0.267. The maximum atomic E-state index is 11.7. The monoisotopic (exact) mass is 219 g/mol. The van der Waals surface area contributed by atoms with E-state index in [-0.39, 0.29) is 5.78 Å². The second-order valence-electron chi connectivity index (χ2n) is 5.36. The first-order valence-corrected chi connectivity index (χ1v) is 9.05. The van der Waals surface area contributed by atoms with E-state index in [2.05, 4.69) is 30.6 Å². The highest BCUT2D eigenvalue weighted by atomic mass is 28.3. The molecule has 0 saturated heterocycles. The molecule has 1 aliphatic rings. The number of Topliss-reactive ketones (excluding diaryl/α,β-unsaturated/α-hetero) is 1. The van der Waals surface area contributed by atoms with Gasteiger partial charge in [0.1, 0.15) is 0 Å². The molecule has 0 aliphatic carbocycles. The third-order valence-corrected chi connectivity index (χ3v) is 3.88. The molecule has 1 heterocycles. The number of hydrogen-bond acceptors (Lipinski definition) is 2. The summed E-state index contributed by atoms with van der Waals surface area (Å²) in [5, 5.41) is 0. The van der Waals surface area contributed by atoms with Gasteiger partial charge in [-0.2, -0.15) is 0 Å². The number of para-hydroxylation sites is 1. The van der Waals surface area contributed by atoms with Gasteiger partial charge in [-0.1, -0.05) is 31.8 Å². The molecule has 0 saturated carbocycles. The van der Waals surface area contributed by atoms with Gasteiger partial charge in [-0.15, -0.1) is 0 Å². The summed E-state index contributed by atoms with van der Waals surface area (Å²) >= 11 is 0. The largest absolute Gasteiger partial charge is 0.366 e. The summed E-state index contributed by atoms with van der Waals surface area (Å²) in [4.78, 5) is 14.0. The SMILES string of the molecule is C[Si](C)(C)CN1CC(=O)c2ccccc21. The first-order valence-electron chi connectivity index (χ1n) is 5.34. The van der Waals surface area contributed by atoms with Crippen molar-refractivity contribution in [2.75, 3.05) is 17.6 Å². The number of rotatable bonds is 2. The zero-order valence-corrected chi connectivity index (χ0v) is 10.6. The lowest BCUT2D eigenvalue weighted by Crippen LogP contribution is -2.40. The molecule has 0 radical (unpaired) electrons. The molecule has 0 spiro atoms. The Bertz CT molecular complexity index is 395. The summed E-state index contributed by atoms with van der Waals surface area (Å²) in [7, 11) is -1.15. The molecule has 0 N–H and O–H groups in total. The summed E-state index contributed by atoms with van der Waals surface area (Å²) in [5.41, 5.74) is 2.03. The molecule has 0 unspecified atom stereocenters. The lowest BCUT2D eigenvalue weighted by molar-refractivity contribution is 0.101. The highest BCUT2D eigenvalue weighted by Gasteiger charge is 2.29. The van der Waals surface area contributed by atoms with Crippen molar-refractivity contribution in [2.45, 2.75) is 19.6 Å². The fraction of sp³-hybridized carbons (Fsp3) is 0.417. The molecule has 15 heavy (non-hydrogen) atoms. The van der Waals surface area contributed by atoms with E-state index in [4.69, 9.17) is 0 Å². The molecule has 0 bridgehead atoms. The van der Waals surface area contributed by atoms with Crippen LogP contribution in [0.15, 0.2) is 24.3 Å². The van der Waals surface area contributed by atoms with Crippen LogP contribution in [-0.4, -0.2) is 26.6 Å². The van der Waals surface area contributed by atoms with Crippen molar-refractivity contribution in [3.63, 3.8) is 0 Å². The van der Waals surface area contributed by atoms with Crippen molar-refractivity contribution in [3.8, 4) is 0 Å². The van der Waals surface area contributed by atoms with E-state index < -0.39 is 8.07 Å². The predicted octanol–water partition coefficient (Wildman–Crippen LogP) is 2.57. The van der Waals surface area contributed by atoms with Crippen LogP contribution in [0.2, 0.25) is 19.6 Å². The molecular weight excluding hydrogens is 202 g/mol. The smallest absolute Gasteiger partial charge is 0.184 e. The van der Waals surface area contributed by atoms with Crippen LogP contribution in [0.3, 0.4) is 0 Å². The van der Waals surface area contributed by atoms with Crippen LogP contribution < -0.4 is 4.90 Å². The van der Waals surface area contributed by atoms with Crippen LogP contribution in [-0.2, 0) is 0 Å². The van der Waals surface area contributed by atoms with Crippen molar-refractivity contribution >= 4 is 19.5 Å². The van der Waals surface area contributed by atoms with Crippen LogP contribution in [0.5, 0.6) is 0 Å². The van der Waals surface area contributed by atoms with Crippen molar-refractivity contribution in [1.29, 1.82) is 0 Å². The molecule has 3 heteroatoms. The van der Waals surface area contributed by atoms with Crippen LogP contribution in [0.1, 0.15) is 10.4 Å². The van der Waals surface area contributed by atoms with Crippen molar-refractivity contribution < 1.29 is 4.79 Å². The fourth-order valence-corrected chi connectivity index (χ4v) is 3.47. The van der Waals surface area contributed by atoms with Crippen LogP contribution in [0.4, 0.5) is 5.69 Å². The summed E-state index contributed by atoms with van der Waals surface area (Å²) in [6, 6.07) is 7.94. The number of carbonyl (C=O) groups excluding carboxylic acids is 1. The Balaban J connectivity index is 2.29. The van der Waals surface area contributed by atoms with E-state index in [0.29, 0.717) is 6.54 Å². The molecule has 0 atom stereocenters. The van der Waals surface area contributed by atoms with Crippen LogP contribution in [0.25, 0.3) is 0 Å². The number of benzene rings is 1. The van der Waals surface area contributed by atoms with Gasteiger partial charge in [-0.05, 0) is 12.1 Å². The van der Waals surface area contributed by atoms with Gasteiger partial charge < -0.3 is 4.90 Å². The Morgan fingerprint density at radius 1 is 1.27 bits per heavy atom. The Morgan fingerprint density at radius 3 is 2.60 bits per heavy atom. The predicted molar refractivity (Wildman–Crippen MR) is 66.3 cm³/mol. The third-order valence-electron chi connectivity index (χ3n) is 2.54. The van der Waals surface area contributed by atoms with E-state index in [1.165, 1.54) is 0 Å². The minimum absolute atomic E-state index is 0.267. The molecule has 1 aromatic carbocycles. The van der Waals surface area contributed by atoms with Gasteiger partial charge in [-0.3, -0.25) is 4.79 Å². The average Bonchev–Trinajstić information content (AvgIpc) is 2.42. The molecule has 2 rings (SSSR count). The van der Waals surface area contributed by atoms with Crippen molar-refractivity contribution in [1.82, 2.24) is 0 Å². The Morgan fingerprint density at radius 2 is 1.93 bits per heavy atom. The standard InChI is InChI=1S/C12H17NOSi/c1-15(2,3)9-13-8-12(14)10-6-4-5-7-11(10)13/h4-7H,8-9H2,1-3H3. The first-order chi connectivity index (χ1) is 6.97. The molecule has 1 aromatic rings. The lowest BCUT2D eigenvalue weighted by Gasteiger charge is -2.26. The molecule has 1 aliphatic heterocycles. The van der Waals surface area contributed by atoms with E-state index in [1.807, 2.05) is 18.2 Å². The minimum atomic E-state index is -1.15. The lowest BCUT2D eigenvalue weighted by atomic mass is 10.1. The molecule has 80 valence electrons. The minimum Gasteiger partial charge on any atom is -0.366 e. The van der Waals surface area contributed by atoms with Gasteiger partial charge in [0.2, 0.25) is 0 Å². The molecule has 0 fully saturated rings. The normalized spacial score (nSPS) is 15.7. The number of nitrogens with zero attached hydrogens (tertiary/aromatic N) is 1. The summed E-state index contributed by atoms with van der Waals surface area (Å²) in [6.07, 6.45) is 1.07. The highest BCUT2D eigenvalue weighted by Crippen LogP contribution is 2.28. The van der Waals surface area contributed by atoms with Gasteiger partial charge in [0.05, 0.1) is 14.6 Å². The number of ketones is 1. The van der Waals surface area contributed by atoms with E-state index >= 15 is 0 Å². The third kappa shape index (κ3) is 2.12.